The summed E-state index contributed by atoms with van der Waals surface area (Å²) >= 11 is 1.74. The first-order valence-corrected chi connectivity index (χ1v) is 9.32. The molecule has 1 amide bonds. The maximum absolute atomic E-state index is 12.8. The lowest BCUT2D eigenvalue weighted by Gasteiger charge is -2.28. The quantitative estimate of drug-likeness (QED) is 0.845. The van der Waals surface area contributed by atoms with Crippen LogP contribution in [-0.4, -0.2) is 58.3 Å². The molecule has 1 saturated heterocycles. The van der Waals surface area contributed by atoms with Crippen molar-refractivity contribution in [3.63, 3.8) is 0 Å². The molecule has 4 heterocycles. The van der Waals surface area contributed by atoms with Crippen molar-refractivity contribution in [2.45, 2.75) is 19.5 Å². The van der Waals surface area contributed by atoms with Crippen LogP contribution in [0.5, 0.6) is 0 Å². The van der Waals surface area contributed by atoms with E-state index in [1.165, 1.54) is 11.3 Å². The SMILES string of the molecule is Cn1nc(C(=O)N2CCOCC2)c2c1CN(Cc1ccsc1)CC2. The summed E-state index contributed by atoms with van der Waals surface area (Å²) in [4.78, 5) is 17.1. The normalized spacial score (nSPS) is 18.6. The fourth-order valence-corrected chi connectivity index (χ4v) is 4.15. The van der Waals surface area contributed by atoms with Crippen molar-refractivity contribution in [3.8, 4) is 0 Å². The molecule has 0 aromatic carbocycles. The van der Waals surface area contributed by atoms with Crippen LogP contribution in [0.1, 0.15) is 27.3 Å². The summed E-state index contributed by atoms with van der Waals surface area (Å²) in [5, 5.41) is 8.88. The minimum absolute atomic E-state index is 0.0569. The average Bonchev–Trinajstić information content (AvgIpc) is 3.23. The number of rotatable bonds is 3. The van der Waals surface area contributed by atoms with E-state index in [9.17, 15) is 4.79 Å². The van der Waals surface area contributed by atoms with E-state index >= 15 is 0 Å². The standard InChI is InChI=1S/C17H22N4O2S/c1-19-15-11-20(10-13-3-9-24-12-13)4-2-14(15)16(18-19)17(22)21-5-7-23-8-6-21/h3,9,12H,2,4-8,10-11H2,1H3. The Kier molecular flexibility index (Phi) is 4.39. The summed E-state index contributed by atoms with van der Waals surface area (Å²) in [6.07, 6.45) is 0.888. The number of carbonyl (C=O) groups is 1. The first-order valence-electron chi connectivity index (χ1n) is 8.37. The van der Waals surface area contributed by atoms with Crippen LogP contribution in [0.25, 0.3) is 0 Å². The van der Waals surface area contributed by atoms with Crippen molar-refractivity contribution >= 4 is 17.2 Å². The van der Waals surface area contributed by atoms with Gasteiger partial charge in [-0.3, -0.25) is 14.4 Å². The Balaban J connectivity index is 1.52. The summed E-state index contributed by atoms with van der Waals surface area (Å²) in [6, 6.07) is 2.18. The van der Waals surface area contributed by atoms with Crippen LogP contribution in [-0.2, 0) is 31.3 Å². The molecule has 24 heavy (non-hydrogen) atoms. The number of hydrogen-bond acceptors (Lipinski definition) is 5. The Morgan fingerprint density at radius 3 is 2.92 bits per heavy atom. The molecule has 0 bridgehead atoms. The van der Waals surface area contributed by atoms with E-state index in [1.807, 2.05) is 16.6 Å². The fourth-order valence-electron chi connectivity index (χ4n) is 3.49. The Hall–Kier alpha value is -1.70. The van der Waals surface area contributed by atoms with Crippen LogP contribution < -0.4 is 0 Å². The molecule has 0 atom stereocenters. The summed E-state index contributed by atoms with van der Waals surface area (Å²) in [7, 11) is 1.95. The molecule has 2 aliphatic rings. The molecular weight excluding hydrogens is 324 g/mol. The van der Waals surface area contributed by atoms with Gasteiger partial charge in [-0.1, -0.05) is 0 Å². The van der Waals surface area contributed by atoms with E-state index in [-0.39, 0.29) is 5.91 Å². The average molecular weight is 346 g/mol. The van der Waals surface area contributed by atoms with Crippen molar-refractivity contribution in [3.05, 3.63) is 39.3 Å². The summed E-state index contributed by atoms with van der Waals surface area (Å²) in [6.45, 7) is 5.34. The number of amides is 1. The Morgan fingerprint density at radius 1 is 1.33 bits per heavy atom. The highest BCUT2D eigenvalue weighted by molar-refractivity contribution is 7.07. The van der Waals surface area contributed by atoms with Gasteiger partial charge in [0.1, 0.15) is 0 Å². The maximum Gasteiger partial charge on any atom is 0.274 e. The predicted molar refractivity (Wildman–Crippen MR) is 92.1 cm³/mol. The topological polar surface area (TPSA) is 50.6 Å². The predicted octanol–water partition coefficient (Wildman–Crippen LogP) is 1.51. The molecule has 0 unspecified atom stereocenters. The van der Waals surface area contributed by atoms with Gasteiger partial charge in [0.15, 0.2) is 5.69 Å². The highest BCUT2D eigenvalue weighted by Crippen LogP contribution is 2.25. The van der Waals surface area contributed by atoms with Crippen LogP contribution >= 0.6 is 11.3 Å². The molecule has 4 rings (SSSR count). The number of nitrogens with zero attached hydrogens (tertiary/aromatic N) is 4. The third-order valence-corrected chi connectivity index (χ3v) is 5.55. The smallest absolute Gasteiger partial charge is 0.274 e. The lowest BCUT2D eigenvalue weighted by molar-refractivity contribution is 0.0297. The molecule has 6 nitrogen and oxygen atoms in total. The van der Waals surface area contributed by atoms with E-state index < -0.39 is 0 Å². The fraction of sp³-hybridized carbons (Fsp3) is 0.529. The van der Waals surface area contributed by atoms with Gasteiger partial charge >= 0.3 is 0 Å². The molecule has 2 aromatic rings. The maximum atomic E-state index is 12.8. The number of ether oxygens (including phenoxy) is 1. The molecule has 0 aliphatic carbocycles. The van der Waals surface area contributed by atoms with Gasteiger partial charge in [-0.05, 0) is 28.8 Å². The largest absolute Gasteiger partial charge is 0.378 e. The summed E-state index contributed by atoms with van der Waals surface area (Å²) in [5.74, 6) is 0.0569. The van der Waals surface area contributed by atoms with Crippen molar-refractivity contribution < 1.29 is 9.53 Å². The van der Waals surface area contributed by atoms with Crippen LogP contribution in [0.3, 0.4) is 0 Å². The molecule has 0 N–H and O–H groups in total. The zero-order valence-corrected chi connectivity index (χ0v) is 14.7. The van der Waals surface area contributed by atoms with E-state index in [0.29, 0.717) is 32.0 Å². The lowest BCUT2D eigenvalue weighted by Crippen LogP contribution is -2.41. The first-order chi connectivity index (χ1) is 11.7. The zero-order valence-electron chi connectivity index (χ0n) is 13.9. The van der Waals surface area contributed by atoms with E-state index in [0.717, 1.165) is 31.6 Å². The van der Waals surface area contributed by atoms with Gasteiger partial charge in [-0.2, -0.15) is 16.4 Å². The molecular formula is C17H22N4O2S. The van der Waals surface area contributed by atoms with Crippen LogP contribution in [0.2, 0.25) is 0 Å². The van der Waals surface area contributed by atoms with Crippen LogP contribution in [0.4, 0.5) is 0 Å². The molecule has 0 radical (unpaired) electrons. The number of aromatic nitrogens is 2. The molecule has 2 aromatic heterocycles. The monoisotopic (exact) mass is 346 g/mol. The van der Waals surface area contributed by atoms with Crippen molar-refractivity contribution in [1.29, 1.82) is 0 Å². The number of carbonyl (C=O) groups excluding carboxylic acids is 1. The van der Waals surface area contributed by atoms with Crippen LogP contribution in [0.15, 0.2) is 16.8 Å². The van der Waals surface area contributed by atoms with Gasteiger partial charge in [0.25, 0.3) is 5.91 Å². The van der Waals surface area contributed by atoms with E-state index in [1.54, 1.807) is 11.3 Å². The molecule has 0 spiro atoms. The van der Waals surface area contributed by atoms with E-state index in [2.05, 4.69) is 26.8 Å². The molecule has 0 saturated carbocycles. The number of aryl methyl sites for hydroxylation is 1. The van der Waals surface area contributed by atoms with Gasteiger partial charge in [-0.15, -0.1) is 0 Å². The minimum atomic E-state index is 0.0569. The highest BCUT2D eigenvalue weighted by Gasteiger charge is 2.30. The number of morpholine rings is 1. The number of hydrogen-bond donors (Lipinski definition) is 0. The van der Waals surface area contributed by atoms with Gasteiger partial charge < -0.3 is 9.64 Å². The number of fused-ring (bicyclic) bond motifs is 1. The van der Waals surface area contributed by atoms with Gasteiger partial charge in [0.05, 0.1) is 18.9 Å². The van der Waals surface area contributed by atoms with Crippen LogP contribution in [0, 0.1) is 0 Å². The van der Waals surface area contributed by atoms with E-state index in [4.69, 9.17) is 4.74 Å². The summed E-state index contributed by atoms with van der Waals surface area (Å²) < 4.78 is 7.23. The van der Waals surface area contributed by atoms with Crippen molar-refractivity contribution in [1.82, 2.24) is 19.6 Å². The van der Waals surface area contributed by atoms with Gasteiger partial charge in [-0.25, -0.2) is 0 Å². The molecule has 1 fully saturated rings. The zero-order chi connectivity index (χ0) is 16.5. The second kappa shape index (κ2) is 6.66. The van der Waals surface area contributed by atoms with Crippen molar-refractivity contribution in [2.75, 3.05) is 32.8 Å². The van der Waals surface area contributed by atoms with Gasteiger partial charge in [0, 0.05) is 45.3 Å². The molecule has 7 heteroatoms. The third kappa shape index (κ3) is 2.99. The second-order valence-electron chi connectivity index (χ2n) is 6.39. The third-order valence-electron chi connectivity index (χ3n) is 4.81. The second-order valence-corrected chi connectivity index (χ2v) is 7.17. The lowest BCUT2D eigenvalue weighted by atomic mass is 10.0. The summed E-state index contributed by atoms with van der Waals surface area (Å²) in [5.41, 5.74) is 4.31. The molecule has 2 aliphatic heterocycles. The first kappa shape index (κ1) is 15.8. The van der Waals surface area contributed by atoms with Crippen molar-refractivity contribution in [2.24, 2.45) is 7.05 Å². The Bertz CT molecular complexity index is 719. The minimum Gasteiger partial charge on any atom is -0.378 e. The van der Waals surface area contributed by atoms with Gasteiger partial charge in [0.2, 0.25) is 0 Å². The number of thiophene rings is 1. The Labute approximate surface area is 145 Å². The highest BCUT2D eigenvalue weighted by atomic mass is 32.1. The molecule has 128 valence electrons. The Morgan fingerprint density at radius 2 is 2.17 bits per heavy atom.